The predicted molar refractivity (Wildman–Crippen MR) is 110 cm³/mol. The Morgan fingerprint density at radius 1 is 1.14 bits per heavy atom. The number of hydrogen-bond donors (Lipinski definition) is 0. The van der Waals surface area contributed by atoms with Crippen LogP contribution in [0.2, 0.25) is 5.15 Å². The molecule has 2 atom stereocenters. The smallest absolute Gasteiger partial charge is 0.410 e. The lowest BCUT2D eigenvalue weighted by Gasteiger charge is -2.25. The zero-order valence-corrected chi connectivity index (χ0v) is 17.9. The average Bonchev–Trinajstić information content (AvgIpc) is 3.19. The molecular formula is C21H26ClN3O4. The van der Waals surface area contributed by atoms with Gasteiger partial charge in [0, 0.05) is 24.5 Å². The van der Waals surface area contributed by atoms with Gasteiger partial charge in [0.2, 0.25) is 0 Å². The number of rotatable bonds is 3. The molecule has 0 unspecified atom stereocenters. The lowest BCUT2D eigenvalue weighted by atomic mass is 10.0. The fraction of sp³-hybridized carbons (Fsp3) is 0.571. The fourth-order valence-corrected chi connectivity index (χ4v) is 4.47. The lowest BCUT2D eigenvalue weighted by Crippen LogP contribution is -2.36. The summed E-state index contributed by atoms with van der Waals surface area (Å²) in [4.78, 5) is 22.4. The van der Waals surface area contributed by atoms with Gasteiger partial charge in [-0.1, -0.05) is 11.6 Å². The van der Waals surface area contributed by atoms with Crippen LogP contribution in [0.5, 0.6) is 11.5 Å². The summed E-state index contributed by atoms with van der Waals surface area (Å²) in [6.45, 7) is 7.10. The Morgan fingerprint density at radius 3 is 2.45 bits per heavy atom. The molecule has 8 heteroatoms. The maximum atomic E-state index is 12.3. The molecule has 0 radical (unpaired) electrons. The van der Waals surface area contributed by atoms with Gasteiger partial charge in [0.15, 0.2) is 11.5 Å². The molecule has 1 aliphatic heterocycles. The van der Waals surface area contributed by atoms with Crippen molar-refractivity contribution in [2.24, 2.45) is 11.8 Å². The molecule has 4 rings (SSSR count). The third-order valence-corrected chi connectivity index (χ3v) is 5.83. The molecule has 2 aromatic rings. The number of likely N-dealkylation sites (tertiary alicyclic amines) is 1. The summed E-state index contributed by atoms with van der Waals surface area (Å²) in [5.74, 6) is 2.11. The molecule has 1 amide bonds. The van der Waals surface area contributed by atoms with Gasteiger partial charge in [0.25, 0.3) is 0 Å². The maximum Gasteiger partial charge on any atom is 0.410 e. The van der Waals surface area contributed by atoms with E-state index in [9.17, 15) is 4.79 Å². The van der Waals surface area contributed by atoms with Gasteiger partial charge in [-0.15, -0.1) is 0 Å². The Hall–Kier alpha value is -2.28. The van der Waals surface area contributed by atoms with E-state index in [1.807, 2.05) is 37.8 Å². The van der Waals surface area contributed by atoms with E-state index in [-0.39, 0.29) is 12.2 Å². The van der Waals surface area contributed by atoms with Gasteiger partial charge < -0.3 is 19.1 Å². The minimum atomic E-state index is -0.474. The minimum absolute atomic E-state index is 0.0699. The normalized spacial score (nSPS) is 22.0. The third-order valence-electron chi connectivity index (χ3n) is 5.53. The highest BCUT2D eigenvalue weighted by Gasteiger charge is 2.44. The van der Waals surface area contributed by atoms with Crippen LogP contribution in [0.25, 0.3) is 10.9 Å². The predicted octanol–water partition coefficient (Wildman–Crippen LogP) is 4.32. The van der Waals surface area contributed by atoms with Crippen molar-refractivity contribution in [3.05, 3.63) is 23.6 Å². The van der Waals surface area contributed by atoms with E-state index in [1.165, 1.54) is 6.33 Å². The second-order valence-corrected chi connectivity index (χ2v) is 9.16. The van der Waals surface area contributed by atoms with E-state index in [1.54, 1.807) is 7.11 Å². The van der Waals surface area contributed by atoms with Gasteiger partial charge in [0.1, 0.15) is 17.1 Å². The Balaban J connectivity index is 1.43. The van der Waals surface area contributed by atoms with Crippen molar-refractivity contribution in [1.82, 2.24) is 14.9 Å². The largest absolute Gasteiger partial charge is 0.493 e. The molecule has 2 fully saturated rings. The van der Waals surface area contributed by atoms with Crippen LogP contribution in [-0.4, -0.2) is 52.9 Å². The molecule has 1 saturated heterocycles. The zero-order valence-electron chi connectivity index (χ0n) is 17.1. The second kappa shape index (κ2) is 7.52. The first-order chi connectivity index (χ1) is 13.7. The zero-order chi connectivity index (χ0) is 20.8. The molecule has 7 nitrogen and oxygen atoms in total. The molecule has 2 aliphatic rings. The van der Waals surface area contributed by atoms with Gasteiger partial charge in [-0.25, -0.2) is 14.8 Å². The summed E-state index contributed by atoms with van der Waals surface area (Å²) in [5, 5.41) is 1.12. The molecule has 29 heavy (non-hydrogen) atoms. The second-order valence-electron chi connectivity index (χ2n) is 8.80. The summed E-state index contributed by atoms with van der Waals surface area (Å²) >= 11 is 6.21. The fourth-order valence-electron chi connectivity index (χ4n) is 4.28. The molecule has 1 saturated carbocycles. The van der Waals surface area contributed by atoms with Crippen molar-refractivity contribution < 1.29 is 19.0 Å². The first-order valence-corrected chi connectivity index (χ1v) is 10.2. The number of aromatic nitrogens is 2. The Labute approximate surface area is 175 Å². The summed E-state index contributed by atoms with van der Waals surface area (Å²) in [7, 11) is 1.61. The van der Waals surface area contributed by atoms with Gasteiger partial charge in [-0.3, -0.25) is 0 Å². The summed E-state index contributed by atoms with van der Waals surface area (Å²) in [6, 6.07) is 3.66. The number of ether oxygens (including phenoxy) is 3. The van der Waals surface area contributed by atoms with Gasteiger partial charge in [-0.2, -0.15) is 0 Å². The Kier molecular flexibility index (Phi) is 5.19. The highest BCUT2D eigenvalue weighted by molar-refractivity contribution is 6.34. The van der Waals surface area contributed by atoms with Crippen molar-refractivity contribution in [1.29, 1.82) is 0 Å². The number of fused-ring (bicyclic) bond motifs is 2. The van der Waals surface area contributed by atoms with Crippen LogP contribution in [0.3, 0.4) is 0 Å². The first kappa shape index (κ1) is 20.0. The molecule has 1 aromatic carbocycles. The van der Waals surface area contributed by atoms with Crippen molar-refractivity contribution >= 4 is 28.6 Å². The molecule has 0 bridgehead atoms. The molecular weight excluding hydrogens is 394 g/mol. The standard InChI is InChI=1S/C21H26ClN3O4/c1-21(2,3)29-20(26)25-9-12-5-14(6-13(12)10-25)28-18-7-15-16(8-17(18)27-4)23-11-24-19(15)22/h7-8,11-14H,5-6,9-10H2,1-4H3/t12-,13-/m1/s1. The Morgan fingerprint density at radius 2 is 1.83 bits per heavy atom. The minimum Gasteiger partial charge on any atom is -0.493 e. The van der Waals surface area contributed by atoms with Crippen LogP contribution < -0.4 is 9.47 Å². The monoisotopic (exact) mass is 419 g/mol. The number of hydrogen-bond acceptors (Lipinski definition) is 6. The molecule has 0 N–H and O–H groups in total. The van der Waals surface area contributed by atoms with Gasteiger partial charge >= 0.3 is 6.09 Å². The quantitative estimate of drug-likeness (QED) is 0.690. The average molecular weight is 420 g/mol. The van der Waals surface area contributed by atoms with Crippen LogP contribution >= 0.6 is 11.6 Å². The lowest BCUT2D eigenvalue weighted by molar-refractivity contribution is 0.0272. The number of amides is 1. The number of carbonyl (C=O) groups excluding carboxylic acids is 1. The van der Waals surface area contributed by atoms with Crippen molar-refractivity contribution in [2.75, 3.05) is 20.2 Å². The number of carbonyl (C=O) groups is 1. The SMILES string of the molecule is COc1cc2ncnc(Cl)c2cc1OC1C[C@@H]2CN(C(=O)OC(C)(C)C)C[C@H]2C1. The third kappa shape index (κ3) is 4.20. The first-order valence-electron chi connectivity index (χ1n) is 9.86. The highest BCUT2D eigenvalue weighted by atomic mass is 35.5. The number of methoxy groups -OCH3 is 1. The van der Waals surface area contributed by atoms with Crippen molar-refractivity contribution in [2.45, 2.75) is 45.3 Å². The highest BCUT2D eigenvalue weighted by Crippen LogP contribution is 2.42. The number of nitrogens with zero attached hydrogens (tertiary/aromatic N) is 3. The van der Waals surface area contributed by atoms with Crippen molar-refractivity contribution in [3.63, 3.8) is 0 Å². The molecule has 156 valence electrons. The molecule has 0 spiro atoms. The molecule has 1 aromatic heterocycles. The summed E-state index contributed by atoms with van der Waals surface area (Å²) < 4.78 is 17.3. The maximum absolute atomic E-state index is 12.3. The van der Waals surface area contributed by atoms with E-state index in [4.69, 9.17) is 25.8 Å². The topological polar surface area (TPSA) is 73.8 Å². The van der Waals surface area contributed by atoms with Gasteiger partial charge in [-0.05, 0) is 51.5 Å². The van der Waals surface area contributed by atoms with Crippen LogP contribution in [-0.2, 0) is 4.74 Å². The molecule has 1 aliphatic carbocycles. The number of benzene rings is 1. The van der Waals surface area contributed by atoms with E-state index in [0.29, 0.717) is 47.1 Å². The van der Waals surface area contributed by atoms with E-state index >= 15 is 0 Å². The number of halogens is 1. The van der Waals surface area contributed by atoms with Crippen molar-refractivity contribution in [3.8, 4) is 11.5 Å². The van der Waals surface area contributed by atoms with Crippen LogP contribution in [0.4, 0.5) is 4.79 Å². The van der Waals surface area contributed by atoms with Gasteiger partial charge in [0.05, 0.1) is 18.7 Å². The van der Waals surface area contributed by atoms with Crippen LogP contribution in [0, 0.1) is 11.8 Å². The van der Waals surface area contributed by atoms with E-state index < -0.39 is 5.60 Å². The van der Waals surface area contributed by atoms with Crippen LogP contribution in [0.15, 0.2) is 18.5 Å². The van der Waals surface area contributed by atoms with E-state index in [2.05, 4.69) is 9.97 Å². The Bertz CT molecular complexity index is 916. The summed E-state index contributed by atoms with van der Waals surface area (Å²) in [6.07, 6.45) is 3.06. The summed E-state index contributed by atoms with van der Waals surface area (Å²) in [5.41, 5.74) is 0.239. The van der Waals surface area contributed by atoms with E-state index in [0.717, 1.165) is 18.2 Å². The van der Waals surface area contributed by atoms with Crippen LogP contribution in [0.1, 0.15) is 33.6 Å². The molecule has 2 heterocycles.